The van der Waals surface area contributed by atoms with Crippen LogP contribution >= 0.6 is 0 Å². The summed E-state index contributed by atoms with van der Waals surface area (Å²) in [4.78, 5) is 24.0. The molecule has 1 unspecified atom stereocenters. The highest BCUT2D eigenvalue weighted by Gasteiger charge is 2.50. The predicted molar refractivity (Wildman–Crippen MR) is 77.5 cm³/mol. The van der Waals surface area contributed by atoms with E-state index in [1.165, 1.54) is 0 Å². The maximum atomic E-state index is 12.2. The highest BCUT2D eigenvalue weighted by Crippen LogP contribution is 2.44. The van der Waals surface area contributed by atoms with E-state index in [4.69, 9.17) is 5.26 Å². The van der Waals surface area contributed by atoms with E-state index in [1.807, 2.05) is 24.3 Å². The Hall–Kier alpha value is -2.15. The molecule has 1 fully saturated rings. The van der Waals surface area contributed by atoms with Crippen molar-refractivity contribution in [1.82, 2.24) is 5.32 Å². The monoisotopic (exact) mass is 282 g/mol. The summed E-state index contributed by atoms with van der Waals surface area (Å²) in [6, 6.07) is 9.85. The number of amides is 1. The van der Waals surface area contributed by atoms with Gasteiger partial charge < -0.3 is 5.32 Å². The molecule has 0 aromatic heterocycles. The Labute approximate surface area is 124 Å². The first-order valence-electron chi connectivity index (χ1n) is 7.48. The summed E-state index contributed by atoms with van der Waals surface area (Å²) in [5, 5.41) is 11.8. The van der Waals surface area contributed by atoms with Crippen LogP contribution in [0.3, 0.4) is 0 Å². The fourth-order valence-electron chi connectivity index (χ4n) is 2.98. The number of ketones is 1. The number of nitrogens with one attached hydrogen (secondary N) is 1. The number of rotatable bonds is 5. The van der Waals surface area contributed by atoms with Crippen molar-refractivity contribution in [2.75, 3.05) is 6.54 Å². The van der Waals surface area contributed by atoms with Gasteiger partial charge in [0.25, 0.3) is 0 Å². The lowest BCUT2D eigenvalue weighted by atomic mass is 9.99. The van der Waals surface area contributed by atoms with Gasteiger partial charge in [0.05, 0.1) is 6.07 Å². The third-order valence-corrected chi connectivity index (χ3v) is 4.53. The van der Waals surface area contributed by atoms with Gasteiger partial charge in [-0.15, -0.1) is 0 Å². The van der Waals surface area contributed by atoms with E-state index < -0.39 is 5.41 Å². The van der Waals surface area contributed by atoms with Gasteiger partial charge in [-0.3, -0.25) is 9.59 Å². The molecule has 0 spiro atoms. The maximum absolute atomic E-state index is 12.2. The molecule has 1 aromatic carbocycles. The van der Waals surface area contributed by atoms with Crippen LogP contribution in [-0.2, 0) is 11.2 Å². The van der Waals surface area contributed by atoms with Crippen LogP contribution in [0.1, 0.15) is 41.6 Å². The van der Waals surface area contributed by atoms with Gasteiger partial charge in [-0.1, -0.05) is 24.3 Å². The van der Waals surface area contributed by atoms with Crippen molar-refractivity contribution in [1.29, 1.82) is 5.26 Å². The number of hydrogen-bond donors (Lipinski definition) is 1. The quantitative estimate of drug-likeness (QED) is 0.842. The minimum atomic E-state index is -0.751. The zero-order valence-electron chi connectivity index (χ0n) is 11.9. The second kappa shape index (κ2) is 5.33. The number of nitrogens with zero attached hydrogens (tertiary/aromatic N) is 1. The molecule has 0 heterocycles. The third kappa shape index (κ3) is 2.56. The fraction of sp³-hybridized carbons (Fsp3) is 0.471. The van der Waals surface area contributed by atoms with Gasteiger partial charge in [0, 0.05) is 18.0 Å². The van der Waals surface area contributed by atoms with Crippen LogP contribution in [0.2, 0.25) is 0 Å². The predicted octanol–water partition coefficient (Wildman–Crippen LogP) is 2.24. The molecular formula is C17H18N2O2. The summed E-state index contributed by atoms with van der Waals surface area (Å²) in [6.07, 6.45) is 3.72. The zero-order valence-corrected chi connectivity index (χ0v) is 11.9. The molecule has 1 aromatic rings. The molecule has 0 bridgehead atoms. The highest BCUT2D eigenvalue weighted by atomic mass is 16.2. The van der Waals surface area contributed by atoms with Crippen molar-refractivity contribution in [2.45, 2.75) is 32.1 Å². The largest absolute Gasteiger partial charge is 0.355 e. The smallest absolute Gasteiger partial charge is 0.240 e. The van der Waals surface area contributed by atoms with Crippen LogP contribution < -0.4 is 5.32 Å². The highest BCUT2D eigenvalue weighted by molar-refractivity contribution is 6.02. The molecule has 1 amide bonds. The van der Waals surface area contributed by atoms with Crippen LogP contribution in [0.5, 0.6) is 0 Å². The summed E-state index contributed by atoms with van der Waals surface area (Å²) in [7, 11) is 0. The number of carbonyl (C=O) groups is 2. The fourth-order valence-corrected chi connectivity index (χ4v) is 2.98. The van der Waals surface area contributed by atoms with Crippen LogP contribution in [0.15, 0.2) is 24.3 Å². The van der Waals surface area contributed by atoms with E-state index in [0.29, 0.717) is 19.4 Å². The molecule has 108 valence electrons. The molecule has 4 nitrogen and oxygen atoms in total. The summed E-state index contributed by atoms with van der Waals surface area (Å²) < 4.78 is 0. The topological polar surface area (TPSA) is 70.0 Å². The summed E-state index contributed by atoms with van der Waals surface area (Å²) in [5.41, 5.74) is 1.24. The molecular weight excluding hydrogens is 264 g/mol. The summed E-state index contributed by atoms with van der Waals surface area (Å²) in [5.74, 6) is 0.129. The Bertz CT molecular complexity index is 626. The lowest BCUT2D eigenvalue weighted by Crippen LogP contribution is -2.32. The molecule has 1 saturated carbocycles. The van der Waals surface area contributed by atoms with Crippen LogP contribution in [0.25, 0.3) is 0 Å². The molecule has 3 rings (SSSR count). The van der Waals surface area contributed by atoms with E-state index in [9.17, 15) is 9.59 Å². The Morgan fingerprint density at radius 2 is 2.14 bits per heavy atom. The van der Waals surface area contributed by atoms with E-state index >= 15 is 0 Å². The van der Waals surface area contributed by atoms with E-state index in [2.05, 4.69) is 11.4 Å². The van der Waals surface area contributed by atoms with Gasteiger partial charge in [-0.25, -0.2) is 0 Å². The summed E-state index contributed by atoms with van der Waals surface area (Å²) in [6.45, 7) is 0.544. The van der Waals surface area contributed by atoms with Gasteiger partial charge in [0.2, 0.25) is 5.91 Å². The molecule has 0 saturated heterocycles. The van der Waals surface area contributed by atoms with Crippen LogP contribution in [0, 0.1) is 22.7 Å². The number of carbonyl (C=O) groups excluding carboxylic acids is 2. The zero-order chi connectivity index (χ0) is 14.9. The van der Waals surface area contributed by atoms with Crippen LogP contribution in [0.4, 0.5) is 0 Å². The maximum Gasteiger partial charge on any atom is 0.240 e. The van der Waals surface area contributed by atoms with Gasteiger partial charge in [0.15, 0.2) is 5.78 Å². The Morgan fingerprint density at radius 1 is 1.38 bits per heavy atom. The normalized spacial score (nSPS) is 21.5. The third-order valence-electron chi connectivity index (χ3n) is 4.53. The molecule has 0 aliphatic heterocycles. The standard InChI is InChI=1S/C17H18N2O2/c18-11-17(7-8-17)16(21)19-9-3-5-13-10-12-4-1-2-6-14(12)15(13)20/h1-2,4,6,13H,3,5,7-10H2,(H,19,21). The first-order valence-corrected chi connectivity index (χ1v) is 7.48. The van der Waals surface area contributed by atoms with Crippen molar-refractivity contribution >= 4 is 11.7 Å². The number of nitriles is 1. The minimum absolute atomic E-state index is 0.0464. The molecule has 2 aliphatic rings. The Balaban J connectivity index is 1.44. The van der Waals surface area contributed by atoms with Crippen molar-refractivity contribution in [3.05, 3.63) is 35.4 Å². The number of fused-ring (bicyclic) bond motifs is 1. The van der Waals surface area contributed by atoms with Gasteiger partial charge in [-0.05, 0) is 37.7 Å². The average Bonchev–Trinajstić information content (AvgIpc) is 3.25. The van der Waals surface area contributed by atoms with Gasteiger partial charge >= 0.3 is 0 Å². The SMILES string of the molecule is N#CC1(C(=O)NCCCC2Cc3ccccc3C2=O)CC1. The first kappa shape index (κ1) is 13.8. The average molecular weight is 282 g/mol. The Kier molecular flexibility index (Phi) is 3.50. The number of Topliss-reactive ketones (excluding diaryl/α,β-unsaturated/α-hetero) is 1. The van der Waals surface area contributed by atoms with Crippen molar-refractivity contribution < 1.29 is 9.59 Å². The second-order valence-electron chi connectivity index (χ2n) is 6.01. The van der Waals surface area contributed by atoms with Gasteiger partial charge in [0.1, 0.15) is 5.41 Å². The molecule has 1 N–H and O–H groups in total. The van der Waals surface area contributed by atoms with E-state index in [0.717, 1.165) is 30.4 Å². The molecule has 2 aliphatic carbocycles. The molecule has 4 heteroatoms. The first-order chi connectivity index (χ1) is 10.2. The molecule has 1 atom stereocenters. The van der Waals surface area contributed by atoms with Gasteiger partial charge in [-0.2, -0.15) is 5.26 Å². The van der Waals surface area contributed by atoms with Crippen molar-refractivity contribution in [3.8, 4) is 6.07 Å². The number of hydrogen-bond acceptors (Lipinski definition) is 3. The van der Waals surface area contributed by atoms with E-state index in [1.54, 1.807) is 0 Å². The molecule has 0 radical (unpaired) electrons. The minimum Gasteiger partial charge on any atom is -0.355 e. The van der Waals surface area contributed by atoms with Crippen LogP contribution in [-0.4, -0.2) is 18.2 Å². The Morgan fingerprint density at radius 3 is 2.81 bits per heavy atom. The van der Waals surface area contributed by atoms with E-state index in [-0.39, 0.29) is 17.6 Å². The van der Waals surface area contributed by atoms with Crippen molar-refractivity contribution in [3.63, 3.8) is 0 Å². The molecule has 21 heavy (non-hydrogen) atoms. The lowest BCUT2D eigenvalue weighted by molar-refractivity contribution is -0.124. The number of benzene rings is 1. The lowest BCUT2D eigenvalue weighted by Gasteiger charge is -2.10. The summed E-state index contributed by atoms with van der Waals surface area (Å²) >= 11 is 0. The van der Waals surface area contributed by atoms with Crippen molar-refractivity contribution in [2.24, 2.45) is 11.3 Å². The second-order valence-corrected chi connectivity index (χ2v) is 6.01.